The fourth-order valence-corrected chi connectivity index (χ4v) is 2.37. The Morgan fingerprint density at radius 1 is 1.40 bits per heavy atom. The second-order valence-corrected chi connectivity index (χ2v) is 5.31. The molecule has 3 heteroatoms. The van der Waals surface area contributed by atoms with Crippen molar-refractivity contribution in [3.8, 4) is 0 Å². The monoisotopic (exact) mass is 242 g/mol. The molecule has 1 rings (SSSR count). The number of benzene rings is 1. The van der Waals surface area contributed by atoms with Crippen LogP contribution >= 0.6 is 23.4 Å². The first kappa shape index (κ1) is 12.6. The van der Waals surface area contributed by atoms with Gasteiger partial charge in [0.15, 0.2) is 0 Å². The Morgan fingerprint density at radius 2 is 2.00 bits per heavy atom. The number of Topliss-reactive ketones (excluding diaryl/α,β-unsaturated/α-hetero) is 1. The van der Waals surface area contributed by atoms with E-state index in [9.17, 15) is 4.79 Å². The van der Waals surface area contributed by atoms with Crippen LogP contribution in [0, 0.1) is 5.92 Å². The van der Waals surface area contributed by atoms with Gasteiger partial charge in [-0.25, -0.2) is 0 Å². The van der Waals surface area contributed by atoms with Gasteiger partial charge in [0, 0.05) is 22.1 Å². The molecule has 82 valence electrons. The maximum Gasteiger partial charge on any atom is 0.130 e. The van der Waals surface area contributed by atoms with Crippen LogP contribution in [-0.4, -0.2) is 11.5 Å². The number of hydrogen-bond donors (Lipinski definition) is 0. The van der Waals surface area contributed by atoms with Crippen LogP contribution in [0.25, 0.3) is 0 Å². The number of thioether (sulfide) groups is 1. The molecule has 15 heavy (non-hydrogen) atoms. The first-order chi connectivity index (χ1) is 7.08. The van der Waals surface area contributed by atoms with Crippen LogP contribution in [0.1, 0.15) is 20.3 Å². The van der Waals surface area contributed by atoms with Crippen molar-refractivity contribution in [2.75, 3.05) is 5.75 Å². The Balaban J connectivity index is 2.36. The van der Waals surface area contributed by atoms with Crippen molar-refractivity contribution in [2.24, 2.45) is 5.92 Å². The van der Waals surface area contributed by atoms with Crippen molar-refractivity contribution >= 4 is 29.1 Å². The minimum absolute atomic E-state index is 0.263. The summed E-state index contributed by atoms with van der Waals surface area (Å²) in [6.07, 6.45) is 0.667. The summed E-state index contributed by atoms with van der Waals surface area (Å²) in [7, 11) is 0. The third kappa shape index (κ3) is 5.24. The highest BCUT2D eigenvalue weighted by atomic mass is 35.5. The van der Waals surface area contributed by atoms with Gasteiger partial charge in [0.2, 0.25) is 0 Å². The molecule has 0 radical (unpaired) electrons. The van der Waals surface area contributed by atoms with E-state index in [1.54, 1.807) is 18.7 Å². The van der Waals surface area contributed by atoms with Crippen LogP contribution in [0.15, 0.2) is 29.2 Å². The van der Waals surface area contributed by atoms with Crippen molar-refractivity contribution in [3.05, 3.63) is 29.3 Å². The SMILES string of the molecule is CC(=O)CC(C)CSc1ccc(Cl)cc1. The van der Waals surface area contributed by atoms with Crippen LogP contribution in [0.5, 0.6) is 0 Å². The van der Waals surface area contributed by atoms with Crippen LogP contribution in [0.3, 0.4) is 0 Å². The van der Waals surface area contributed by atoms with E-state index in [2.05, 4.69) is 6.92 Å². The molecule has 0 aliphatic rings. The molecule has 0 heterocycles. The topological polar surface area (TPSA) is 17.1 Å². The van der Waals surface area contributed by atoms with Crippen molar-refractivity contribution in [3.63, 3.8) is 0 Å². The van der Waals surface area contributed by atoms with Crippen molar-refractivity contribution in [1.29, 1.82) is 0 Å². The summed E-state index contributed by atoms with van der Waals surface area (Å²) in [6.45, 7) is 3.74. The van der Waals surface area contributed by atoms with Crippen molar-refractivity contribution < 1.29 is 4.79 Å². The summed E-state index contributed by atoms with van der Waals surface area (Å²) in [5.74, 6) is 1.67. The second kappa shape index (κ2) is 6.19. The fourth-order valence-electron chi connectivity index (χ4n) is 1.32. The molecule has 0 N–H and O–H groups in total. The summed E-state index contributed by atoms with van der Waals surface area (Å²) in [5.41, 5.74) is 0. The lowest BCUT2D eigenvalue weighted by Gasteiger charge is -2.08. The molecule has 0 spiro atoms. The van der Waals surface area contributed by atoms with E-state index in [0.29, 0.717) is 12.3 Å². The molecular formula is C12H15ClOS. The number of rotatable bonds is 5. The Morgan fingerprint density at radius 3 is 2.53 bits per heavy atom. The quantitative estimate of drug-likeness (QED) is 0.725. The van der Waals surface area contributed by atoms with Crippen molar-refractivity contribution in [2.45, 2.75) is 25.2 Å². The smallest absolute Gasteiger partial charge is 0.130 e. The predicted molar refractivity (Wildman–Crippen MR) is 66.6 cm³/mol. The summed E-state index contributed by atoms with van der Waals surface area (Å²) in [4.78, 5) is 12.1. The zero-order valence-corrected chi connectivity index (χ0v) is 10.6. The molecule has 1 unspecified atom stereocenters. The highest BCUT2D eigenvalue weighted by Gasteiger charge is 2.05. The summed E-state index contributed by atoms with van der Waals surface area (Å²) < 4.78 is 0. The molecule has 1 aromatic rings. The van der Waals surface area contributed by atoms with Crippen LogP contribution in [-0.2, 0) is 4.79 Å². The maximum atomic E-state index is 10.9. The van der Waals surface area contributed by atoms with E-state index in [-0.39, 0.29) is 5.78 Å². The summed E-state index contributed by atoms with van der Waals surface area (Å²) in [5, 5.41) is 0.760. The number of ketones is 1. The molecule has 0 saturated heterocycles. The predicted octanol–water partition coefficient (Wildman–Crippen LogP) is 4.05. The molecule has 1 atom stereocenters. The normalized spacial score (nSPS) is 12.5. The van der Waals surface area contributed by atoms with E-state index in [1.807, 2.05) is 24.3 Å². The van der Waals surface area contributed by atoms with Crippen LogP contribution in [0.2, 0.25) is 5.02 Å². The van der Waals surface area contributed by atoms with Gasteiger partial charge in [0.05, 0.1) is 0 Å². The van der Waals surface area contributed by atoms with Gasteiger partial charge in [0.25, 0.3) is 0 Å². The Kier molecular flexibility index (Phi) is 5.20. The van der Waals surface area contributed by atoms with E-state index in [4.69, 9.17) is 11.6 Å². The Labute approximate surface area is 100 Å². The lowest BCUT2D eigenvalue weighted by Crippen LogP contribution is -2.03. The maximum absolute atomic E-state index is 10.9. The summed E-state index contributed by atoms with van der Waals surface area (Å²) in [6, 6.07) is 7.79. The van der Waals surface area contributed by atoms with Gasteiger partial charge in [-0.05, 0) is 37.1 Å². The first-order valence-corrected chi connectivity index (χ1v) is 6.32. The molecule has 0 amide bonds. The molecule has 0 bridgehead atoms. The van der Waals surface area contributed by atoms with Crippen LogP contribution < -0.4 is 0 Å². The first-order valence-electron chi connectivity index (χ1n) is 4.95. The molecule has 1 nitrogen and oxygen atoms in total. The zero-order chi connectivity index (χ0) is 11.3. The molecular weight excluding hydrogens is 228 g/mol. The molecule has 0 fully saturated rings. The molecule has 0 saturated carbocycles. The average Bonchev–Trinajstić information content (AvgIpc) is 2.16. The third-order valence-corrected chi connectivity index (χ3v) is 3.58. The van der Waals surface area contributed by atoms with Gasteiger partial charge in [-0.3, -0.25) is 0 Å². The van der Waals surface area contributed by atoms with Crippen LogP contribution in [0.4, 0.5) is 0 Å². The van der Waals surface area contributed by atoms with Crippen molar-refractivity contribution in [1.82, 2.24) is 0 Å². The number of halogens is 1. The standard InChI is InChI=1S/C12H15ClOS/c1-9(7-10(2)14)8-15-12-5-3-11(13)4-6-12/h3-6,9H,7-8H2,1-2H3. The lowest BCUT2D eigenvalue weighted by molar-refractivity contribution is -0.117. The van der Waals surface area contributed by atoms with E-state index in [1.165, 1.54) is 4.90 Å². The average molecular weight is 243 g/mol. The highest BCUT2D eigenvalue weighted by molar-refractivity contribution is 7.99. The highest BCUT2D eigenvalue weighted by Crippen LogP contribution is 2.23. The number of carbonyl (C=O) groups is 1. The van der Waals surface area contributed by atoms with E-state index >= 15 is 0 Å². The molecule has 1 aromatic carbocycles. The van der Waals surface area contributed by atoms with Gasteiger partial charge in [-0.2, -0.15) is 0 Å². The molecule has 0 aliphatic heterocycles. The van der Waals surface area contributed by atoms with Gasteiger partial charge in [-0.15, -0.1) is 11.8 Å². The summed E-state index contributed by atoms with van der Waals surface area (Å²) >= 11 is 7.56. The lowest BCUT2D eigenvalue weighted by atomic mass is 10.1. The largest absolute Gasteiger partial charge is 0.300 e. The Hall–Kier alpha value is -0.470. The van der Waals surface area contributed by atoms with E-state index < -0.39 is 0 Å². The van der Waals surface area contributed by atoms with Gasteiger partial charge < -0.3 is 4.79 Å². The minimum Gasteiger partial charge on any atom is -0.300 e. The molecule has 0 aliphatic carbocycles. The van der Waals surface area contributed by atoms with Gasteiger partial charge >= 0.3 is 0 Å². The second-order valence-electron chi connectivity index (χ2n) is 3.78. The fraction of sp³-hybridized carbons (Fsp3) is 0.417. The zero-order valence-electron chi connectivity index (χ0n) is 9.00. The molecule has 0 aromatic heterocycles. The van der Waals surface area contributed by atoms with E-state index in [0.717, 1.165) is 10.8 Å². The van der Waals surface area contributed by atoms with Gasteiger partial charge in [0.1, 0.15) is 5.78 Å². The Bertz CT molecular complexity index is 321. The number of carbonyl (C=O) groups excluding carboxylic acids is 1. The minimum atomic E-state index is 0.263. The number of hydrogen-bond acceptors (Lipinski definition) is 2. The van der Waals surface area contributed by atoms with Gasteiger partial charge in [-0.1, -0.05) is 18.5 Å². The third-order valence-electron chi connectivity index (χ3n) is 1.98.